The van der Waals surface area contributed by atoms with Crippen molar-refractivity contribution in [1.82, 2.24) is 5.32 Å². The Kier molecular flexibility index (Phi) is 6.94. The highest BCUT2D eigenvalue weighted by Crippen LogP contribution is 2.26. The Morgan fingerprint density at radius 2 is 1.71 bits per heavy atom. The molecule has 1 unspecified atom stereocenters. The van der Waals surface area contributed by atoms with Gasteiger partial charge in [-0.2, -0.15) is 0 Å². The maximum atomic E-state index is 6.04. The van der Waals surface area contributed by atoms with Gasteiger partial charge in [-0.3, -0.25) is 0 Å². The molecule has 96 valence electrons. The molecule has 0 amide bonds. The van der Waals surface area contributed by atoms with Crippen LogP contribution in [0.4, 0.5) is 0 Å². The molecule has 1 N–H and O–H groups in total. The smallest absolute Gasteiger partial charge is 0.0424 e. The van der Waals surface area contributed by atoms with Gasteiger partial charge < -0.3 is 5.32 Å². The molecule has 0 aromatic heterocycles. The summed E-state index contributed by atoms with van der Waals surface area (Å²) in [6.45, 7) is 5.30. The second-order valence-electron chi connectivity index (χ2n) is 4.31. The highest BCUT2D eigenvalue weighted by molar-refractivity contribution is 6.34. The van der Waals surface area contributed by atoms with Gasteiger partial charge in [0.05, 0.1) is 0 Å². The van der Waals surface area contributed by atoms with Gasteiger partial charge in [-0.05, 0) is 36.7 Å². The number of halogens is 2. The molecule has 0 aliphatic rings. The van der Waals surface area contributed by atoms with Gasteiger partial charge in [0, 0.05) is 16.1 Å². The summed E-state index contributed by atoms with van der Waals surface area (Å²) in [7, 11) is 0. The number of hydrogen-bond donors (Lipinski definition) is 1. The fourth-order valence-corrected chi connectivity index (χ4v) is 2.55. The zero-order valence-electron chi connectivity index (χ0n) is 10.6. The van der Waals surface area contributed by atoms with Crippen LogP contribution in [0.3, 0.4) is 0 Å². The second kappa shape index (κ2) is 7.97. The first-order chi connectivity index (χ1) is 8.17. The van der Waals surface area contributed by atoms with E-state index in [0.29, 0.717) is 16.1 Å². The standard InChI is InChI=1S/C14H21Cl2N/c1-3-5-6-7-14(17-4-2)11-8-12(15)10-13(16)9-11/h8-10,14,17H,3-7H2,1-2H3. The van der Waals surface area contributed by atoms with Crippen LogP contribution >= 0.6 is 23.2 Å². The first-order valence-electron chi connectivity index (χ1n) is 6.36. The lowest BCUT2D eigenvalue weighted by molar-refractivity contribution is 0.486. The molecule has 0 fully saturated rings. The number of unbranched alkanes of at least 4 members (excludes halogenated alkanes) is 2. The van der Waals surface area contributed by atoms with Gasteiger partial charge in [0.1, 0.15) is 0 Å². The van der Waals surface area contributed by atoms with Crippen LogP contribution in [-0.2, 0) is 0 Å². The SMILES string of the molecule is CCCCCC(NCC)c1cc(Cl)cc(Cl)c1. The van der Waals surface area contributed by atoms with Crippen LogP contribution in [0.5, 0.6) is 0 Å². The number of nitrogens with one attached hydrogen (secondary N) is 1. The first kappa shape index (κ1) is 14.8. The van der Waals surface area contributed by atoms with Crippen molar-refractivity contribution in [3.8, 4) is 0 Å². The van der Waals surface area contributed by atoms with Crippen molar-refractivity contribution in [1.29, 1.82) is 0 Å². The Hall–Kier alpha value is -0.240. The third-order valence-electron chi connectivity index (χ3n) is 2.83. The van der Waals surface area contributed by atoms with E-state index in [-0.39, 0.29) is 0 Å². The third kappa shape index (κ3) is 5.29. The Balaban J connectivity index is 2.73. The van der Waals surface area contributed by atoms with E-state index in [9.17, 15) is 0 Å². The zero-order chi connectivity index (χ0) is 12.7. The second-order valence-corrected chi connectivity index (χ2v) is 5.18. The monoisotopic (exact) mass is 273 g/mol. The third-order valence-corrected chi connectivity index (χ3v) is 3.27. The predicted octanol–water partition coefficient (Wildman–Crippen LogP) is 5.22. The van der Waals surface area contributed by atoms with Crippen molar-refractivity contribution in [2.24, 2.45) is 0 Å². The lowest BCUT2D eigenvalue weighted by Crippen LogP contribution is -2.20. The molecule has 0 aliphatic carbocycles. The average molecular weight is 274 g/mol. The first-order valence-corrected chi connectivity index (χ1v) is 7.12. The van der Waals surface area contributed by atoms with E-state index in [4.69, 9.17) is 23.2 Å². The van der Waals surface area contributed by atoms with Gasteiger partial charge in [-0.25, -0.2) is 0 Å². The molecule has 0 saturated heterocycles. The molecular weight excluding hydrogens is 253 g/mol. The molecule has 0 radical (unpaired) electrons. The van der Waals surface area contributed by atoms with Crippen LogP contribution in [0.2, 0.25) is 10.0 Å². The summed E-state index contributed by atoms with van der Waals surface area (Å²) in [5.74, 6) is 0. The van der Waals surface area contributed by atoms with E-state index in [1.807, 2.05) is 12.1 Å². The van der Waals surface area contributed by atoms with Crippen molar-refractivity contribution in [2.45, 2.75) is 45.6 Å². The molecule has 1 aromatic rings. The molecule has 1 atom stereocenters. The largest absolute Gasteiger partial charge is 0.310 e. The summed E-state index contributed by atoms with van der Waals surface area (Å²) in [5.41, 5.74) is 1.19. The van der Waals surface area contributed by atoms with Crippen LogP contribution in [0.1, 0.15) is 51.1 Å². The Bertz CT molecular complexity index is 319. The zero-order valence-corrected chi connectivity index (χ0v) is 12.1. The van der Waals surface area contributed by atoms with Gasteiger partial charge in [0.2, 0.25) is 0 Å². The average Bonchev–Trinajstić information content (AvgIpc) is 2.27. The summed E-state index contributed by atoms with van der Waals surface area (Å²) < 4.78 is 0. The molecule has 0 aliphatic heterocycles. The summed E-state index contributed by atoms with van der Waals surface area (Å²) in [6.07, 6.45) is 4.89. The topological polar surface area (TPSA) is 12.0 Å². The van der Waals surface area contributed by atoms with Crippen LogP contribution in [-0.4, -0.2) is 6.54 Å². The molecule has 17 heavy (non-hydrogen) atoms. The van der Waals surface area contributed by atoms with E-state index in [1.54, 1.807) is 6.07 Å². The molecule has 1 rings (SSSR count). The lowest BCUT2D eigenvalue weighted by Gasteiger charge is -2.18. The van der Waals surface area contributed by atoms with E-state index in [0.717, 1.165) is 13.0 Å². The fourth-order valence-electron chi connectivity index (χ4n) is 2.01. The quantitative estimate of drug-likeness (QED) is 0.672. The van der Waals surface area contributed by atoms with Crippen LogP contribution in [0.15, 0.2) is 18.2 Å². The van der Waals surface area contributed by atoms with E-state index >= 15 is 0 Å². The number of benzene rings is 1. The summed E-state index contributed by atoms with van der Waals surface area (Å²) >= 11 is 12.1. The Morgan fingerprint density at radius 3 is 2.24 bits per heavy atom. The minimum Gasteiger partial charge on any atom is -0.310 e. The Labute approximate surface area is 115 Å². The molecule has 0 spiro atoms. The van der Waals surface area contributed by atoms with E-state index in [2.05, 4.69) is 19.2 Å². The minimum atomic E-state index is 0.364. The number of rotatable bonds is 7. The summed E-state index contributed by atoms with van der Waals surface area (Å²) in [4.78, 5) is 0. The maximum absolute atomic E-state index is 6.04. The highest BCUT2D eigenvalue weighted by atomic mass is 35.5. The molecule has 1 aromatic carbocycles. The van der Waals surface area contributed by atoms with Crippen LogP contribution in [0.25, 0.3) is 0 Å². The van der Waals surface area contributed by atoms with Crippen molar-refractivity contribution in [3.05, 3.63) is 33.8 Å². The number of hydrogen-bond acceptors (Lipinski definition) is 1. The predicted molar refractivity (Wildman–Crippen MR) is 77.0 cm³/mol. The van der Waals surface area contributed by atoms with Gasteiger partial charge >= 0.3 is 0 Å². The molecule has 3 heteroatoms. The van der Waals surface area contributed by atoms with Gasteiger partial charge in [-0.15, -0.1) is 0 Å². The van der Waals surface area contributed by atoms with Crippen molar-refractivity contribution >= 4 is 23.2 Å². The summed E-state index contributed by atoms with van der Waals surface area (Å²) in [5, 5.41) is 4.92. The van der Waals surface area contributed by atoms with Gasteiger partial charge in [0.25, 0.3) is 0 Å². The highest BCUT2D eigenvalue weighted by Gasteiger charge is 2.11. The van der Waals surface area contributed by atoms with Crippen LogP contribution < -0.4 is 5.32 Å². The lowest BCUT2D eigenvalue weighted by atomic mass is 10.0. The molecular formula is C14H21Cl2N. The van der Waals surface area contributed by atoms with E-state index in [1.165, 1.54) is 24.8 Å². The fraction of sp³-hybridized carbons (Fsp3) is 0.571. The molecule has 0 heterocycles. The molecule has 0 bridgehead atoms. The van der Waals surface area contributed by atoms with Gasteiger partial charge in [0.15, 0.2) is 0 Å². The minimum absolute atomic E-state index is 0.364. The van der Waals surface area contributed by atoms with E-state index < -0.39 is 0 Å². The molecule has 1 nitrogen and oxygen atoms in total. The summed E-state index contributed by atoms with van der Waals surface area (Å²) in [6, 6.07) is 6.16. The van der Waals surface area contributed by atoms with Crippen LogP contribution in [0, 0.1) is 0 Å². The van der Waals surface area contributed by atoms with Gasteiger partial charge in [-0.1, -0.05) is 56.3 Å². The van der Waals surface area contributed by atoms with Crippen molar-refractivity contribution < 1.29 is 0 Å². The van der Waals surface area contributed by atoms with Crippen molar-refractivity contribution in [3.63, 3.8) is 0 Å². The van der Waals surface area contributed by atoms with Crippen molar-refractivity contribution in [2.75, 3.05) is 6.54 Å². The molecule has 0 saturated carbocycles. The normalized spacial score (nSPS) is 12.7. The maximum Gasteiger partial charge on any atom is 0.0424 e. The Morgan fingerprint density at radius 1 is 1.06 bits per heavy atom.